The van der Waals surface area contributed by atoms with E-state index in [0.29, 0.717) is 0 Å². The van der Waals surface area contributed by atoms with E-state index in [0.717, 1.165) is 48.1 Å². The van der Waals surface area contributed by atoms with Crippen molar-refractivity contribution in [3.63, 3.8) is 0 Å². The minimum atomic E-state index is -0.419. The van der Waals surface area contributed by atoms with Crippen molar-refractivity contribution < 1.29 is 14.9 Å². The van der Waals surface area contributed by atoms with Crippen LogP contribution in [-0.2, 0) is 0 Å². The van der Waals surface area contributed by atoms with Crippen LogP contribution in [0.2, 0.25) is 0 Å². The third-order valence-electron chi connectivity index (χ3n) is 4.72. The van der Waals surface area contributed by atoms with E-state index >= 15 is 0 Å². The van der Waals surface area contributed by atoms with Gasteiger partial charge in [0.15, 0.2) is 0 Å². The molecule has 1 aromatic rings. The van der Waals surface area contributed by atoms with Crippen molar-refractivity contribution in [2.24, 2.45) is 0 Å². The van der Waals surface area contributed by atoms with Crippen LogP contribution in [0, 0.1) is 6.92 Å². The second-order valence-corrected chi connectivity index (χ2v) is 7.43. The molecule has 2 rings (SSSR count). The summed E-state index contributed by atoms with van der Waals surface area (Å²) in [5.74, 6) is 1.01. The molecule has 0 saturated carbocycles. The second-order valence-electron chi connectivity index (χ2n) is 7.43. The largest absolute Gasteiger partial charge is 0.507 e. The Balaban J connectivity index is 1.93. The van der Waals surface area contributed by atoms with E-state index in [4.69, 9.17) is 4.74 Å². The van der Waals surface area contributed by atoms with Crippen molar-refractivity contribution >= 4 is 6.08 Å². The molecule has 1 aliphatic rings. The minimum absolute atomic E-state index is 0.264. The van der Waals surface area contributed by atoms with Crippen LogP contribution < -0.4 is 4.74 Å². The Labute approximate surface area is 151 Å². The molecule has 0 bridgehead atoms. The lowest BCUT2D eigenvalue weighted by atomic mass is 9.93. The highest BCUT2D eigenvalue weighted by Crippen LogP contribution is 2.38. The number of aliphatic hydroxyl groups is 1. The molecular formula is C22H30O3. The first kappa shape index (κ1) is 19.3. The predicted octanol–water partition coefficient (Wildman–Crippen LogP) is 5.31. The Morgan fingerprint density at radius 1 is 1.36 bits per heavy atom. The molecule has 0 radical (unpaired) electrons. The lowest BCUT2D eigenvalue weighted by molar-refractivity contribution is 0.128. The fourth-order valence-electron chi connectivity index (χ4n) is 2.99. The van der Waals surface area contributed by atoms with Crippen molar-refractivity contribution in [2.75, 3.05) is 0 Å². The molecule has 2 N–H and O–H groups in total. The van der Waals surface area contributed by atoms with Gasteiger partial charge in [-0.3, -0.25) is 0 Å². The van der Waals surface area contributed by atoms with Gasteiger partial charge in [0.2, 0.25) is 0 Å². The first-order valence-corrected chi connectivity index (χ1v) is 8.91. The van der Waals surface area contributed by atoms with Gasteiger partial charge in [-0.1, -0.05) is 23.8 Å². The summed E-state index contributed by atoms with van der Waals surface area (Å²) in [6.07, 6.45) is 9.14. The highest BCUT2D eigenvalue weighted by molar-refractivity contribution is 5.67. The van der Waals surface area contributed by atoms with Gasteiger partial charge >= 0.3 is 0 Å². The zero-order valence-corrected chi connectivity index (χ0v) is 15.8. The van der Waals surface area contributed by atoms with Crippen molar-refractivity contribution in [2.45, 2.75) is 65.1 Å². The van der Waals surface area contributed by atoms with Crippen molar-refractivity contribution in [1.82, 2.24) is 0 Å². The first-order chi connectivity index (χ1) is 11.7. The van der Waals surface area contributed by atoms with Gasteiger partial charge in [0.1, 0.15) is 17.1 Å². The maximum Gasteiger partial charge on any atom is 0.131 e. The molecule has 0 aromatic heterocycles. The quantitative estimate of drug-likeness (QED) is 0.660. The van der Waals surface area contributed by atoms with E-state index in [1.807, 2.05) is 32.1 Å². The van der Waals surface area contributed by atoms with E-state index < -0.39 is 6.10 Å². The minimum Gasteiger partial charge on any atom is -0.507 e. The molecule has 0 saturated heterocycles. The van der Waals surface area contributed by atoms with Crippen LogP contribution in [0.15, 0.2) is 42.0 Å². The highest BCUT2D eigenvalue weighted by Gasteiger charge is 2.28. The second kappa shape index (κ2) is 7.92. The lowest BCUT2D eigenvalue weighted by Gasteiger charge is -2.32. The summed E-state index contributed by atoms with van der Waals surface area (Å²) in [4.78, 5) is 0. The summed E-state index contributed by atoms with van der Waals surface area (Å²) in [5, 5.41) is 19.8. The number of aromatic hydroxyl groups is 1. The number of allylic oxidation sites excluding steroid dienone is 2. The summed E-state index contributed by atoms with van der Waals surface area (Å²) < 4.78 is 6.16. The van der Waals surface area contributed by atoms with Gasteiger partial charge < -0.3 is 14.9 Å². The zero-order valence-electron chi connectivity index (χ0n) is 15.8. The lowest BCUT2D eigenvalue weighted by Crippen LogP contribution is -2.31. The fourth-order valence-corrected chi connectivity index (χ4v) is 2.99. The number of rotatable bonds is 7. The number of ether oxygens (including phenoxy) is 1. The van der Waals surface area contributed by atoms with Crippen LogP contribution in [-0.4, -0.2) is 21.9 Å². The van der Waals surface area contributed by atoms with Crippen LogP contribution >= 0.6 is 0 Å². The molecular weight excluding hydrogens is 312 g/mol. The molecule has 0 spiro atoms. The number of benzene rings is 1. The van der Waals surface area contributed by atoms with Crippen LogP contribution in [0.3, 0.4) is 0 Å². The maximum atomic E-state index is 10.0. The van der Waals surface area contributed by atoms with E-state index in [-0.39, 0.29) is 11.4 Å². The molecule has 3 nitrogen and oxygen atoms in total. The molecule has 0 aliphatic carbocycles. The Kier molecular flexibility index (Phi) is 6.12. The van der Waals surface area contributed by atoms with E-state index in [2.05, 4.69) is 26.5 Å². The summed E-state index contributed by atoms with van der Waals surface area (Å²) in [6, 6.07) is 3.72. The Bertz CT molecular complexity index is 699. The van der Waals surface area contributed by atoms with Gasteiger partial charge in [0.25, 0.3) is 0 Å². The van der Waals surface area contributed by atoms with Gasteiger partial charge in [-0.15, -0.1) is 0 Å². The van der Waals surface area contributed by atoms with Crippen molar-refractivity contribution in [1.29, 1.82) is 0 Å². The maximum absolute atomic E-state index is 10.0. The zero-order chi connectivity index (χ0) is 18.6. The number of hydrogen-bond donors (Lipinski definition) is 2. The van der Waals surface area contributed by atoms with Crippen LogP contribution in [0.25, 0.3) is 6.08 Å². The Hall–Kier alpha value is -2.00. The fraction of sp³-hybridized carbons (Fsp3) is 0.455. The number of aliphatic hydroxyl groups excluding tert-OH is 1. The molecule has 0 amide bonds. The summed E-state index contributed by atoms with van der Waals surface area (Å²) >= 11 is 0. The Morgan fingerprint density at radius 2 is 2.08 bits per heavy atom. The topological polar surface area (TPSA) is 49.7 Å². The summed E-state index contributed by atoms with van der Waals surface area (Å²) in [7, 11) is 0. The van der Waals surface area contributed by atoms with E-state index in [9.17, 15) is 10.2 Å². The predicted molar refractivity (Wildman–Crippen MR) is 104 cm³/mol. The summed E-state index contributed by atoms with van der Waals surface area (Å²) in [6.45, 7) is 11.8. The number of fused-ring (bicyclic) bond motifs is 1. The normalized spacial score (nSPS) is 20.8. The third kappa shape index (κ3) is 5.23. The van der Waals surface area contributed by atoms with Crippen LogP contribution in [0.5, 0.6) is 11.5 Å². The SMILES string of the molecule is C=C(C)C(O)CCC(C)=CCC[C@]1(C)C=Cc2c(O)cc(C)cc2O1. The molecule has 1 unspecified atom stereocenters. The number of phenols is 1. The van der Waals surface area contributed by atoms with E-state index in [1.165, 1.54) is 5.57 Å². The van der Waals surface area contributed by atoms with Crippen molar-refractivity contribution in [3.05, 3.63) is 53.1 Å². The molecule has 136 valence electrons. The molecule has 25 heavy (non-hydrogen) atoms. The van der Waals surface area contributed by atoms with E-state index in [1.54, 1.807) is 6.07 Å². The number of hydrogen-bond acceptors (Lipinski definition) is 3. The van der Waals surface area contributed by atoms with Gasteiger partial charge in [0, 0.05) is 0 Å². The number of phenolic OH excluding ortho intramolecular Hbond substituents is 1. The van der Waals surface area contributed by atoms with Gasteiger partial charge in [-0.05, 0) is 83.2 Å². The molecule has 1 heterocycles. The monoisotopic (exact) mass is 342 g/mol. The molecule has 3 heteroatoms. The molecule has 1 aromatic carbocycles. The van der Waals surface area contributed by atoms with Crippen LogP contribution in [0.1, 0.15) is 57.6 Å². The van der Waals surface area contributed by atoms with Crippen molar-refractivity contribution in [3.8, 4) is 11.5 Å². The molecule has 0 fully saturated rings. The van der Waals surface area contributed by atoms with Gasteiger partial charge in [-0.25, -0.2) is 0 Å². The highest BCUT2D eigenvalue weighted by atomic mass is 16.5. The number of aryl methyl sites for hydroxylation is 1. The van der Waals surface area contributed by atoms with Crippen LogP contribution in [0.4, 0.5) is 0 Å². The third-order valence-corrected chi connectivity index (χ3v) is 4.72. The molecule has 1 aliphatic heterocycles. The molecule has 2 atom stereocenters. The average Bonchev–Trinajstić information content (AvgIpc) is 2.51. The van der Waals surface area contributed by atoms with Gasteiger partial charge in [-0.2, -0.15) is 0 Å². The standard InChI is InChI=1S/C22H30O3/c1-15(2)19(23)9-8-16(3)7-6-11-22(5)12-10-18-20(24)13-17(4)14-21(18)25-22/h7,10,12-14,19,23-24H,1,6,8-9,11H2,2-5H3/t19?,22-/m1/s1. The Morgan fingerprint density at radius 3 is 2.76 bits per heavy atom. The first-order valence-electron chi connectivity index (χ1n) is 8.91. The van der Waals surface area contributed by atoms with Gasteiger partial charge in [0.05, 0.1) is 11.7 Å². The summed E-state index contributed by atoms with van der Waals surface area (Å²) in [5.41, 5.74) is 3.46. The average molecular weight is 342 g/mol. The smallest absolute Gasteiger partial charge is 0.131 e.